The standard InChI is InChI=1S/C23H30N2O4/c1-5-14-24(19(3)23(27)28-4)17-22(26)25(16-21-12-11-18(2)29-21)15-13-20-9-7-6-8-10-20/h5-12,19H,1,13-17H2,2-4H3/p+1/t19-/m0/s1. The van der Waals surface area contributed by atoms with Gasteiger partial charge in [0.05, 0.1) is 20.2 Å². The molecule has 1 aromatic carbocycles. The summed E-state index contributed by atoms with van der Waals surface area (Å²) in [7, 11) is 1.36. The summed E-state index contributed by atoms with van der Waals surface area (Å²) in [4.78, 5) is 27.7. The molecule has 156 valence electrons. The minimum atomic E-state index is -0.455. The number of furan rings is 1. The van der Waals surface area contributed by atoms with Gasteiger partial charge in [0.2, 0.25) is 0 Å². The van der Waals surface area contributed by atoms with E-state index in [0.717, 1.165) is 22.8 Å². The molecule has 2 atom stereocenters. The molecule has 0 spiro atoms. The fraction of sp³-hybridized carbons (Fsp3) is 0.391. The van der Waals surface area contributed by atoms with Gasteiger partial charge in [0.25, 0.3) is 5.91 Å². The van der Waals surface area contributed by atoms with E-state index >= 15 is 0 Å². The van der Waals surface area contributed by atoms with E-state index in [2.05, 4.69) is 6.58 Å². The van der Waals surface area contributed by atoms with Crippen molar-refractivity contribution in [2.75, 3.05) is 26.7 Å². The number of nitrogens with zero attached hydrogens (tertiary/aromatic N) is 1. The number of methoxy groups -OCH3 is 1. The third-order valence-electron chi connectivity index (χ3n) is 4.96. The number of nitrogens with one attached hydrogen (secondary N) is 1. The Morgan fingerprint density at radius 3 is 2.55 bits per heavy atom. The Labute approximate surface area is 172 Å². The van der Waals surface area contributed by atoms with Gasteiger partial charge in [-0.1, -0.05) is 36.9 Å². The molecule has 6 heteroatoms. The Morgan fingerprint density at radius 2 is 1.97 bits per heavy atom. The molecule has 29 heavy (non-hydrogen) atoms. The molecule has 0 aliphatic carbocycles. The lowest BCUT2D eigenvalue weighted by molar-refractivity contribution is -0.901. The van der Waals surface area contributed by atoms with Crippen molar-refractivity contribution >= 4 is 11.9 Å². The minimum Gasteiger partial charge on any atom is -0.465 e. The average Bonchev–Trinajstić information content (AvgIpc) is 3.14. The van der Waals surface area contributed by atoms with Gasteiger partial charge in [0.1, 0.15) is 11.5 Å². The highest BCUT2D eigenvalue weighted by atomic mass is 16.5. The molecule has 1 aromatic heterocycles. The van der Waals surface area contributed by atoms with Crippen LogP contribution >= 0.6 is 0 Å². The summed E-state index contributed by atoms with van der Waals surface area (Å²) in [5.74, 6) is 1.18. The van der Waals surface area contributed by atoms with Crippen LogP contribution in [0.15, 0.2) is 59.5 Å². The van der Waals surface area contributed by atoms with E-state index in [4.69, 9.17) is 9.15 Å². The van der Waals surface area contributed by atoms with Gasteiger partial charge in [0, 0.05) is 6.54 Å². The Morgan fingerprint density at radius 1 is 1.24 bits per heavy atom. The van der Waals surface area contributed by atoms with Gasteiger partial charge in [0.15, 0.2) is 12.6 Å². The molecule has 0 fully saturated rings. The Balaban J connectivity index is 2.12. The largest absolute Gasteiger partial charge is 0.465 e. The zero-order valence-electron chi connectivity index (χ0n) is 17.5. The first-order valence-corrected chi connectivity index (χ1v) is 9.85. The fourth-order valence-electron chi connectivity index (χ4n) is 3.20. The smallest absolute Gasteiger partial charge is 0.364 e. The van der Waals surface area contributed by atoms with Crippen LogP contribution in [0.5, 0.6) is 0 Å². The van der Waals surface area contributed by atoms with Gasteiger partial charge in [-0.3, -0.25) is 4.79 Å². The summed E-state index contributed by atoms with van der Waals surface area (Å²) in [6.07, 6.45) is 2.46. The Bertz CT molecular complexity index is 800. The predicted octanol–water partition coefficient (Wildman–Crippen LogP) is 1.79. The number of hydrogen-bond acceptors (Lipinski definition) is 4. The van der Waals surface area contributed by atoms with Crippen LogP contribution in [-0.4, -0.2) is 49.6 Å². The summed E-state index contributed by atoms with van der Waals surface area (Å²) in [5, 5.41) is 0. The lowest BCUT2D eigenvalue weighted by Crippen LogP contribution is -3.17. The summed E-state index contributed by atoms with van der Waals surface area (Å²) in [6, 6.07) is 13.4. The van der Waals surface area contributed by atoms with Crippen LogP contribution in [0.4, 0.5) is 0 Å². The normalized spacial score (nSPS) is 12.8. The van der Waals surface area contributed by atoms with Gasteiger partial charge in [-0.2, -0.15) is 0 Å². The van der Waals surface area contributed by atoms with Crippen molar-refractivity contribution in [1.29, 1.82) is 0 Å². The van der Waals surface area contributed by atoms with E-state index in [-0.39, 0.29) is 18.4 Å². The summed E-state index contributed by atoms with van der Waals surface area (Å²) < 4.78 is 10.5. The number of hydrogen-bond donors (Lipinski definition) is 1. The van der Waals surface area contributed by atoms with Crippen molar-refractivity contribution in [3.63, 3.8) is 0 Å². The van der Waals surface area contributed by atoms with Crippen LogP contribution in [0, 0.1) is 6.92 Å². The van der Waals surface area contributed by atoms with Gasteiger partial charge >= 0.3 is 5.97 Å². The molecule has 0 bridgehead atoms. The first-order valence-electron chi connectivity index (χ1n) is 9.85. The Kier molecular flexibility index (Phi) is 8.68. The van der Waals surface area contributed by atoms with Crippen LogP contribution < -0.4 is 4.90 Å². The molecule has 0 saturated carbocycles. The maximum Gasteiger partial charge on any atom is 0.364 e. The van der Waals surface area contributed by atoms with E-state index in [1.54, 1.807) is 17.9 Å². The van der Waals surface area contributed by atoms with Crippen LogP contribution in [-0.2, 0) is 27.3 Å². The van der Waals surface area contributed by atoms with Crippen molar-refractivity contribution < 1.29 is 23.6 Å². The highest BCUT2D eigenvalue weighted by Gasteiger charge is 2.29. The van der Waals surface area contributed by atoms with Crippen LogP contribution in [0.25, 0.3) is 0 Å². The first kappa shape index (κ1) is 22.4. The molecule has 1 N–H and O–H groups in total. The van der Waals surface area contributed by atoms with E-state index < -0.39 is 6.04 Å². The van der Waals surface area contributed by atoms with Gasteiger partial charge in [-0.25, -0.2) is 4.79 Å². The highest BCUT2D eigenvalue weighted by molar-refractivity contribution is 5.78. The Hall–Kier alpha value is -2.86. The highest BCUT2D eigenvalue weighted by Crippen LogP contribution is 2.11. The lowest BCUT2D eigenvalue weighted by atomic mass is 10.1. The lowest BCUT2D eigenvalue weighted by Gasteiger charge is -2.27. The molecule has 0 aliphatic rings. The SMILES string of the molecule is C=CC[NH+](CC(=O)N(CCc1ccccc1)Cc1ccc(C)o1)[C@@H](C)C(=O)OC. The molecule has 2 aromatic rings. The maximum absolute atomic E-state index is 13.2. The van der Waals surface area contributed by atoms with Gasteiger partial charge < -0.3 is 19.0 Å². The van der Waals surface area contributed by atoms with Gasteiger partial charge in [-0.15, -0.1) is 0 Å². The second kappa shape index (κ2) is 11.2. The number of amides is 1. The fourth-order valence-corrected chi connectivity index (χ4v) is 3.20. The first-order chi connectivity index (χ1) is 13.9. The van der Waals surface area contributed by atoms with Crippen molar-refractivity contribution in [3.05, 3.63) is 72.2 Å². The maximum atomic E-state index is 13.2. The zero-order chi connectivity index (χ0) is 21.2. The van der Waals surface area contributed by atoms with Crippen molar-refractivity contribution in [3.8, 4) is 0 Å². The number of aryl methyl sites for hydroxylation is 1. The molecule has 1 unspecified atom stereocenters. The zero-order valence-corrected chi connectivity index (χ0v) is 17.5. The summed E-state index contributed by atoms with van der Waals surface area (Å²) >= 11 is 0. The number of carbonyl (C=O) groups is 2. The van der Waals surface area contributed by atoms with Crippen LogP contribution in [0.1, 0.15) is 24.0 Å². The molecule has 0 radical (unpaired) electrons. The van der Waals surface area contributed by atoms with E-state index in [1.807, 2.05) is 49.4 Å². The van der Waals surface area contributed by atoms with Crippen molar-refractivity contribution in [2.24, 2.45) is 0 Å². The topological polar surface area (TPSA) is 64.2 Å². The second-order valence-electron chi connectivity index (χ2n) is 7.14. The van der Waals surface area contributed by atoms with Crippen LogP contribution in [0.3, 0.4) is 0 Å². The van der Waals surface area contributed by atoms with E-state index in [0.29, 0.717) is 19.6 Å². The van der Waals surface area contributed by atoms with E-state index in [1.165, 1.54) is 12.7 Å². The molecule has 0 aliphatic heterocycles. The number of ether oxygens (including phenoxy) is 1. The van der Waals surface area contributed by atoms with Crippen molar-refractivity contribution in [1.82, 2.24) is 4.90 Å². The number of esters is 1. The number of benzene rings is 1. The number of rotatable bonds is 11. The molecule has 0 saturated heterocycles. The molecular formula is C23H31N2O4+. The van der Waals surface area contributed by atoms with E-state index in [9.17, 15) is 9.59 Å². The quantitative estimate of drug-likeness (QED) is 0.462. The molecular weight excluding hydrogens is 368 g/mol. The number of quaternary nitrogens is 1. The average molecular weight is 400 g/mol. The van der Waals surface area contributed by atoms with Crippen LogP contribution in [0.2, 0.25) is 0 Å². The minimum absolute atomic E-state index is 0.0393. The third-order valence-corrected chi connectivity index (χ3v) is 4.96. The molecule has 2 rings (SSSR count). The predicted molar refractivity (Wildman–Crippen MR) is 111 cm³/mol. The summed E-state index contributed by atoms with van der Waals surface area (Å²) in [5.41, 5.74) is 1.17. The second-order valence-corrected chi connectivity index (χ2v) is 7.14. The van der Waals surface area contributed by atoms with Gasteiger partial charge in [-0.05, 0) is 44.0 Å². The molecule has 1 amide bonds. The molecule has 6 nitrogen and oxygen atoms in total. The third kappa shape index (κ3) is 6.91. The molecule has 1 heterocycles. The summed E-state index contributed by atoms with van der Waals surface area (Å²) in [6.45, 7) is 9.04. The monoisotopic (exact) mass is 399 g/mol. The number of carbonyl (C=O) groups excluding carboxylic acids is 2. The van der Waals surface area contributed by atoms with Crippen molar-refractivity contribution in [2.45, 2.75) is 32.9 Å².